The minimum Gasteiger partial charge on any atom is -0.497 e. The lowest BCUT2D eigenvalue weighted by Gasteiger charge is -2.00. The highest BCUT2D eigenvalue weighted by molar-refractivity contribution is 7.71. The summed E-state index contributed by atoms with van der Waals surface area (Å²) in [6, 6.07) is 7.62. The molecule has 1 aromatic carbocycles. The average molecular weight is 389 g/mol. The first-order chi connectivity index (χ1) is 12.5. The molecular weight excluding hydrogens is 368 g/mol. The number of nitrogens with zero attached hydrogens (tertiary/aromatic N) is 5. The zero-order valence-electron chi connectivity index (χ0n) is 15.0. The Balaban J connectivity index is 2.00. The van der Waals surface area contributed by atoms with Crippen molar-refractivity contribution >= 4 is 29.8 Å². The molecule has 9 heteroatoms. The van der Waals surface area contributed by atoms with Gasteiger partial charge < -0.3 is 10.2 Å². The van der Waals surface area contributed by atoms with Crippen LogP contribution in [-0.4, -0.2) is 39.9 Å². The first-order valence-corrected chi connectivity index (χ1v) is 9.36. The number of hydrogen-bond acceptors (Lipinski definition) is 7. The molecule has 0 bridgehead atoms. The average Bonchev–Trinajstić information content (AvgIpc) is 3.25. The monoisotopic (exact) mass is 388 g/mol. The van der Waals surface area contributed by atoms with E-state index in [1.165, 1.54) is 16.1 Å². The molecule has 0 fully saturated rings. The van der Waals surface area contributed by atoms with Crippen LogP contribution in [0, 0.1) is 4.77 Å². The highest BCUT2D eigenvalue weighted by Gasteiger charge is 2.16. The maximum Gasteiger partial charge on any atom is 0.240 e. The Morgan fingerprint density at radius 2 is 2.04 bits per heavy atom. The number of rotatable bonds is 6. The Bertz CT molecular complexity index is 968. The minimum absolute atomic E-state index is 0.352. The molecule has 0 saturated carbocycles. The topological polar surface area (TPSA) is 69.3 Å². The number of aromatic nitrogens is 4. The van der Waals surface area contributed by atoms with Gasteiger partial charge in [-0.05, 0) is 48.0 Å². The highest BCUT2D eigenvalue weighted by atomic mass is 32.1. The quantitative estimate of drug-likeness (QED) is 0.515. The van der Waals surface area contributed by atoms with E-state index in [0.717, 1.165) is 22.0 Å². The van der Waals surface area contributed by atoms with Crippen molar-refractivity contribution in [2.75, 3.05) is 19.6 Å². The Labute approximate surface area is 160 Å². The summed E-state index contributed by atoms with van der Waals surface area (Å²) in [5, 5.41) is 11.8. The lowest BCUT2D eigenvalue weighted by Crippen LogP contribution is -2.10. The van der Waals surface area contributed by atoms with Gasteiger partial charge in [0, 0.05) is 12.4 Å². The molecule has 7 nitrogen and oxygen atoms in total. The van der Waals surface area contributed by atoms with Crippen molar-refractivity contribution < 1.29 is 4.74 Å². The molecular formula is C17H20N6OS2. The van der Waals surface area contributed by atoms with E-state index < -0.39 is 0 Å². The maximum absolute atomic E-state index is 5.47. The highest BCUT2D eigenvalue weighted by Crippen LogP contribution is 2.26. The molecule has 26 heavy (non-hydrogen) atoms. The van der Waals surface area contributed by atoms with Crippen LogP contribution in [0.15, 0.2) is 34.7 Å². The summed E-state index contributed by atoms with van der Waals surface area (Å²) in [5.74, 6) is 1.75. The number of hydrogen-bond donors (Lipinski definition) is 1. The van der Waals surface area contributed by atoms with Crippen LogP contribution >= 0.6 is 23.6 Å². The summed E-state index contributed by atoms with van der Waals surface area (Å²) in [6.07, 6.45) is 1.73. The lowest BCUT2D eigenvalue weighted by molar-refractivity contribution is 0.415. The fraction of sp³-hybridized carbons (Fsp3) is 0.294. The van der Waals surface area contributed by atoms with Gasteiger partial charge in [0.25, 0.3) is 0 Å². The molecule has 0 unspecified atom stereocenters. The predicted molar refractivity (Wildman–Crippen MR) is 108 cm³/mol. The third-order valence-corrected chi connectivity index (χ3v) is 4.91. The van der Waals surface area contributed by atoms with E-state index in [9.17, 15) is 0 Å². The number of benzene rings is 1. The van der Waals surface area contributed by atoms with Gasteiger partial charge in [0.2, 0.25) is 10.6 Å². The van der Waals surface area contributed by atoms with Crippen molar-refractivity contribution in [1.29, 1.82) is 0 Å². The Kier molecular flexibility index (Phi) is 5.48. The summed E-state index contributed by atoms with van der Waals surface area (Å²) >= 11 is 7.00. The molecule has 0 aliphatic carbocycles. The van der Waals surface area contributed by atoms with E-state index >= 15 is 0 Å². The molecule has 2 heterocycles. The molecule has 0 radical (unpaired) electrons. The maximum atomic E-state index is 5.47. The first kappa shape index (κ1) is 18.3. The van der Waals surface area contributed by atoms with E-state index in [1.807, 2.05) is 29.6 Å². The van der Waals surface area contributed by atoms with Gasteiger partial charge in [0.05, 0.1) is 19.0 Å². The second kappa shape index (κ2) is 7.79. The molecule has 2 aromatic heterocycles. The van der Waals surface area contributed by atoms with Crippen LogP contribution in [0.2, 0.25) is 0 Å². The fourth-order valence-corrected chi connectivity index (χ4v) is 3.43. The van der Waals surface area contributed by atoms with Gasteiger partial charge in [-0.3, -0.25) is 0 Å². The van der Waals surface area contributed by atoms with Crippen LogP contribution in [0.1, 0.15) is 31.0 Å². The van der Waals surface area contributed by atoms with Crippen LogP contribution in [0.25, 0.3) is 10.8 Å². The summed E-state index contributed by atoms with van der Waals surface area (Å²) in [6.45, 7) is 4.22. The van der Waals surface area contributed by atoms with Crippen LogP contribution in [0.5, 0.6) is 5.75 Å². The summed E-state index contributed by atoms with van der Waals surface area (Å²) in [5.41, 5.74) is 4.89. The van der Waals surface area contributed by atoms with E-state index in [0.29, 0.717) is 16.5 Å². The summed E-state index contributed by atoms with van der Waals surface area (Å²) in [7, 11) is 3.39. The van der Waals surface area contributed by atoms with Gasteiger partial charge in [-0.2, -0.15) is 9.78 Å². The van der Waals surface area contributed by atoms with Crippen LogP contribution < -0.4 is 10.2 Å². The predicted octanol–water partition coefficient (Wildman–Crippen LogP) is 3.73. The smallest absolute Gasteiger partial charge is 0.240 e. The van der Waals surface area contributed by atoms with E-state index in [-0.39, 0.29) is 0 Å². The summed E-state index contributed by atoms with van der Waals surface area (Å²) < 4.78 is 7.22. The second-order valence-electron chi connectivity index (χ2n) is 5.80. The van der Waals surface area contributed by atoms with E-state index in [1.54, 1.807) is 25.0 Å². The standard InChI is InChI=1S/C17H20N6OS2/c1-11(2)14-10-26-16(20-14)15-21-23(18-3)17(25)22(15)19-9-12-5-7-13(24-4)8-6-12/h5-11,18H,1-4H3/b19-9+. The fourth-order valence-electron chi connectivity index (χ4n) is 2.21. The van der Waals surface area contributed by atoms with E-state index in [4.69, 9.17) is 17.0 Å². The van der Waals surface area contributed by atoms with Gasteiger partial charge in [-0.25, -0.2) is 4.98 Å². The van der Waals surface area contributed by atoms with Gasteiger partial charge in [0.1, 0.15) is 5.75 Å². The zero-order valence-corrected chi connectivity index (χ0v) is 16.6. The van der Waals surface area contributed by atoms with E-state index in [2.05, 4.69) is 34.5 Å². The Morgan fingerprint density at radius 1 is 1.31 bits per heavy atom. The molecule has 0 aliphatic rings. The largest absolute Gasteiger partial charge is 0.497 e. The molecule has 3 rings (SSSR count). The van der Waals surface area contributed by atoms with Crippen LogP contribution in [0.3, 0.4) is 0 Å². The van der Waals surface area contributed by atoms with Gasteiger partial charge >= 0.3 is 0 Å². The Morgan fingerprint density at radius 3 is 2.62 bits per heavy atom. The number of ether oxygens (including phenoxy) is 1. The number of thiazole rings is 1. The zero-order chi connectivity index (χ0) is 18.7. The molecule has 0 saturated heterocycles. The molecule has 0 atom stereocenters. The van der Waals surface area contributed by atoms with Crippen LogP contribution in [0.4, 0.5) is 0 Å². The van der Waals surface area contributed by atoms with Crippen LogP contribution in [-0.2, 0) is 0 Å². The van der Waals surface area contributed by atoms with Crippen molar-refractivity contribution in [3.63, 3.8) is 0 Å². The molecule has 1 N–H and O–H groups in total. The summed E-state index contributed by atoms with van der Waals surface area (Å²) in [4.78, 5) is 6.17. The second-order valence-corrected chi connectivity index (χ2v) is 7.03. The SMILES string of the molecule is CNn1nc(-c2nc(C(C)C)cs2)n(/N=C/c2ccc(OC)cc2)c1=S. The number of nitrogens with one attached hydrogen (secondary N) is 1. The van der Waals surface area contributed by atoms with Gasteiger partial charge in [0.15, 0.2) is 5.01 Å². The molecule has 3 aromatic rings. The van der Waals surface area contributed by atoms with Crippen molar-refractivity contribution in [3.8, 4) is 16.6 Å². The molecule has 0 aliphatic heterocycles. The number of methoxy groups -OCH3 is 1. The third kappa shape index (κ3) is 3.68. The lowest BCUT2D eigenvalue weighted by atomic mass is 10.2. The molecule has 0 spiro atoms. The first-order valence-electron chi connectivity index (χ1n) is 8.07. The minimum atomic E-state index is 0.352. The van der Waals surface area contributed by atoms with Crippen molar-refractivity contribution in [2.24, 2.45) is 5.10 Å². The Hall–Kier alpha value is -2.52. The van der Waals surface area contributed by atoms with Gasteiger partial charge in [-0.1, -0.05) is 13.8 Å². The van der Waals surface area contributed by atoms with Gasteiger partial charge in [-0.15, -0.1) is 21.2 Å². The van der Waals surface area contributed by atoms with Crippen molar-refractivity contribution in [2.45, 2.75) is 19.8 Å². The molecule has 136 valence electrons. The third-order valence-electron chi connectivity index (χ3n) is 3.71. The molecule has 0 amide bonds. The normalized spacial score (nSPS) is 11.4. The van der Waals surface area contributed by atoms with Crippen molar-refractivity contribution in [1.82, 2.24) is 19.5 Å². The van der Waals surface area contributed by atoms with Crippen molar-refractivity contribution in [3.05, 3.63) is 45.7 Å².